The topological polar surface area (TPSA) is 512 Å². The molecule has 26 nitrogen and oxygen atoms in total. The SMILES string of the molecule is O=P([O-])([O-])C(N(CCCCCCN(C(P(=O)([O-])[O-])P(=O)([O-])[O-])C(P(=O)([O-])[O-])P(=O)([O-])[O-])C(P(=O)([O-])[O-])P(=O)([O-])[O-])P(=O)([O-])[O-].[K+].[K+].[K+].[K+].[K+].[K+].[K+].[K+].[K+].[K+].[K+].[K+].[K+].[K+].[K+].[K+]. The van der Waals surface area contributed by atoms with Gasteiger partial charge in [-0.1, -0.05) is 12.8 Å². The molecular formula is C10H16K16N2O24P8. The molecule has 0 saturated heterocycles. The Morgan fingerprint density at radius 2 is 0.333 bits per heavy atom. The van der Waals surface area contributed by atoms with E-state index < -0.39 is 131 Å². The van der Waals surface area contributed by atoms with E-state index in [9.17, 15) is 115 Å². The third kappa shape index (κ3) is 60.3. The molecule has 0 aliphatic carbocycles. The summed E-state index contributed by atoms with van der Waals surface area (Å²) in [5, 5.41) is 0. The van der Waals surface area contributed by atoms with Crippen molar-refractivity contribution in [1.29, 1.82) is 0 Å². The van der Waals surface area contributed by atoms with Gasteiger partial charge in [0.1, 0.15) is 0 Å². The molecule has 0 radical (unpaired) electrons. The van der Waals surface area contributed by atoms with Gasteiger partial charge in [-0.3, -0.25) is 9.80 Å². The molecule has 0 unspecified atom stereocenters. The van der Waals surface area contributed by atoms with Crippen LogP contribution in [0.4, 0.5) is 0 Å². The van der Waals surface area contributed by atoms with Gasteiger partial charge in [0.25, 0.3) is 0 Å². The first kappa shape index (κ1) is 132. The minimum atomic E-state index is -6.92. The van der Waals surface area contributed by atoms with Gasteiger partial charge in [0, 0.05) is 13.1 Å². The van der Waals surface area contributed by atoms with Crippen molar-refractivity contribution >= 4 is 60.8 Å². The Bertz CT molecular complexity index is 1130. The van der Waals surface area contributed by atoms with Gasteiger partial charge < -0.3 is 115 Å². The number of hydrogen-bond acceptors (Lipinski definition) is 26. The molecule has 0 amide bonds. The minimum absolute atomic E-state index is 0. The number of unbranched alkanes of at least 4 members (excludes halogenated alkanes) is 3. The molecule has 0 N–H and O–H groups in total. The molecule has 0 atom stereocenters. The maximum atomic E-state index is 11.4. The zero-order valence-electron chi connectivity index (χ0n) is 36.8. The van der Waals surface area contributed by atoms with E-state index in [1.54, 1.807) is 0 Å². The van der Waals surface area contributed by atoms with E-state index in [0.717, 1.165) is 0 Å². The first-order valence-corrected chi connectivity index (χ1v) is 23.5. The zero-order chi connectivity index (χ0) is 35.7. The fourth-order valence-electron chi connectivity index (χ4n) is 3.79. The molecule has 0 fully saturated rings. The molecule has 0 aliphatic heterocycles. The van der Waals surface area contributed by atoms with Gasteiger partial charge in [0.15, 0.2) is 0 Å². The van der Waals surface area contributed by atoms with Crippen molar-refractivity contribution in [1.82, 2.24) is 9.80 Å². The summed E-state index contributed by atoms with van der Waals surface area (Å²) in [6, 6.07) is 0. The summed E-state index contributed by atoms with van der Waals surface area (Å²) in [5.74, 6) is 0. The average Bonchev–Trinajstić information content (AvgIpc) is 2.60. The maximum Gasteiger partial charge on any atom is 1.00 e. The largest absolute Gasteiger partial charge is 1.00 e. The van der Waals surface area contributed by atoms with Crippen LogP contribution in [-0.4, -0.2) is 45.0 Å². The summed E-state index contributed by atoms with van der Waals surface area (Å²) in [6.45, 7) is -3.37. The van der Waals surface area contributed by atoms with Crippen molar-refractivity contribution in [3.8, 4) is 0 Å². The Kier molecular flexibility index (Phi) is 140. The predicted molar refractivity (Wildman–Crippen MR) is 108 cm³/mol. The van der Waals surface area contributed by atoms with Crippen LogP contribution in [0.3, 0.4) is 0 Å². The maximum absolute atomic E-state index is 11.4. The van der Waals surface area contributed by atoms with Crippen LogP contribution >= 0.6 is 60.8 Å². The summed E-state index contributed by atoms with van der Waals surface area (Å²) < 4.78 is 91.3. The molecule has 0 rings (SSSR count). The van der Waals surface area contributed by atoms with Crippen molar-refractivity contribution in [2.45, 2.75) is 47.8 Å². The Morgan fingerprint density at radius 1 is 0.233 bits per heavy atom. The Hall–Kier alpha value is 27.3. The van der Waals surface area contributed by atoms with Gasteiger partial charge in [0.05, 0.1) is 22.1 Å². The Balaban J connectivity index is -0.0000000770. The summed E-state index contributed by atoms with van der Waals surface area (Å²) in [6.07, 6.45) is -3.62. The summed E-state index contributed by atoms with van der Waals surface area (Å²) in [4.78, 5) is 180. The minimum Gasteiger partial charge on any atom is -0.809 e. The molecule has 50 heteroatoms. The van der Waals surface area contributed by atoms with E-state index in [-0.39, 0.29) is 822 Å². The van der Waals surface area contributed by atoms with Gasteiger partial charge in [-0.05, 0) is 73.6 Å². The summed E-state index contributed by atoms with van der Waals surface area (Å²) in [7, 11) is -55.3. The molecule has 0 aromatic heterocycles. The average molecular weight is 1420 g/mol. The molecular weight excluding hydrogens is 1410 g/mol. The molecule has 0 aromatic rings. The second-order valence-electron chi connectivity index (χ2n) is 8.59. The van der Waals surface area contributed by atoms with Crippen LogP contribution in [0, 0.1) is 0 Å². The molecule has 0 aromatic carbocycles. The standard InChI is InChI=1S/C10H32N2O24P8.16K/c13-37(14,15)7(38(16,17)18)11(8(39(19,20)21)40(22,23)24)5-3-1-2-4-6-12(9(41(25,26)27)42(28,29)30)10(43(31,32)33)44(34,35)36;;;;;;;;;;;;;;;;/h7-10H,1-6H2,(H2,13,14,15)(H2,16,17,18)(H2,19,20,21)(H2,22,23,24)(H2,25,26,27)(H2,28,29,30)(H2,31,32,33)(H2,34,35,36);;;;;;;;;;;;;;;;/q;16*+1/p-16. The van der Waals surface area contributed by atoms with Crippen LogP contribution in [0.1, 0.15) is 25.7 Å². The summed E-state index contributed by atoms with van der Waals surface area (Å²) in [5.41, 5.74) is -16.6. The first-order chi connectivity index (χ1) is 19.0. The number of nitrogens with zero attached hydrogens (tertiary/aromatic N) is 2. The van der Waals surface area contributed by atoms with E-state index in [1.807, 2.05) is 0 Å². The van der Waals surface area contributed by atoms with Crippen LogP contribution in [0.15, 0.2) is 0 Å². The number of rotatable bonds is 19. The van der Waals surface area contributed by atoms with Crippen molar-refractivity contribution in [2.24, 2.45) is 0 Å². The van der Waals surface area contributed by atoms with Crippen LogP contribution in [0.5, 0.6) is 0 Å². The molecule has 0 heterocycles. The summed E-state index contributed by atoms with van der Waals surface area (Å²) >= 11 is 0. The molecule has 266 valence electrons. The third-order valence-corrected chi connectivity index (χ3v) is 18.7. The van der Waals surface area contributed by atoms with Crippen molar-refractivity contribution < 1.29 is 937 Å². The van der Waals surface area contributed by atoms with Crippen LogP contribution in [0.2, 0.25) is 0 Å². The third-order valence-electron chi connectivity index (χ3n) is 5.03. The second-order valence-corrected chi connectivity index (χ2v) is 22.8. The zero-order valence-corrected chi connectivity index (χ0v) is 93.9. The first-order valence-electron chi connectivity index (χ1n) is 10.6. The fraction of sp³-hybridized carbons (Fsp3) is 1.00. The fourth-order valence-corrected chi connectivity index (χ4v) is 15.1. The molecule has 60 heavy (non-hydrogen) atoms. The van der Waals surface area contributed by atoms with E-state index >= 15 is 0 Å². The van der Waals surface area contributed by atoms with Crippen LogP contribution in [-0.2, 0) is 36.5 Å². The normalized spacial score (nSPS) is 11.4. The second kappa shape index (κ2) is 63.7. The van der Waals surface area contributed by atoms with Gasteiger partial charge in [-0.15, -0.1) is 0 Å². The van der Waals surface area contributed by atoms with Gasteiger partial charge in [-0.2, -0.15) is 0 Å². The van der Waals surface area contributed by atoms with Gasteiger partial charge in [0.2, 0.25) is 0 Å². The molecule has 0 bridgehead atoms. The monoisotopic (exact) mass is 1420 g/mol. The number of hydrogen-bond donors (Lipinski definition) is 0. The molecule has 0 spiro atoms. The van der Waals surface area contributed by atoms with E-state index in [1.165, 1.54) is 0 Å². The van der Waals surface area contributed by atoms with Crippen LogP contribution in [0.25, 0.3) is 0 Å². The van der Waals surface area contributed by atoms with Crippen molar-refractivity contribution in [3.63, 3.8) is 0 Å². The molecule has 0 aliphatic rings. The van der Waals surface area contributed by atoms with Gasteiger partial charge in [-0.25, -0.2) is 0 Å². The van der Waals surface area contributed by atoms with E-state index in [4.69, 9.17) is 0 Å². The van der Waals surface area contributed by atoms with Gasteiger partial charge >= 0.3 is 822 Å². The van der Waals surface area contributed by atoms with E-state index in [0.29, 0.717) is 0 Å². The smallest absolute Gasteiger partial charge is 0.809 e. The Labute approximate surface area is 1030 Å². The predicted octanol–water partition coefficient (Wildman–Crippen LogP) is -60.3. The van der Waals surface area contributed by atoms with Crippen LogP contribution < -0.4 is 900 Å². The Morgan fingerprint density at radius 3 is 0.417 bits per heavy atom. The van der Waals surface area contributed by atoms with Crippen molar-refractivity contribution in [3.05, 3.63) is 0 Å². The van der Waals surface area contributed by atoms with Crippen molar-refractivity contribution in [2.75, 3.05) is 13.1 Å². The quantitative estimate of drug-likeness (QED) is 0.0658. The molecule has 0 saturated carbocycles. The van der Waals surface area contributed by atoms with E-state index in [2.05, 4.69) is 0 Å².